The van der Waals surface area contributed by atoms with Crippen LogP contribution in [-0.4, -0.2) is 73.7 Å². The molecule has 0 radical (unpaired) electrons. The molecule has 0 aromatic heterocycles. The number of nitrogens with two attached hydrogens (primary N) is 1. The number of piperidine rings is 1. The lowest BCUT2D eigenvalue weighted by atomic mass is 9.78. The van der Waals surface area contributed by atoms with E-state index in [1.165, 1.54) is 0 Å². The highest BCUT2D eigenvalue weighted by molar-refractivity contribution is 5.85. The zero-order chi connectivity index (χ0) is 20.1. The molecular weight excluding hydrogens is 363 g/mol. The van der Waals surface area contributed by atoms with Gasteiger partial charge >= 0.3 is 6.18 Å². The fourth-order valence-electron chi connectivity index (χ4n) is 3.98. The van der Waals surface area contributed by atoms with Crippen molar-refractivity contribution in [3.8, 4) is 0 Å². The van der Waals surface area contributed by atoms with Crippen LogP contribution in [0.2, 0.25) is 0 Å². The summed E-state index contributed by atoms with van der Waals surface area (Å²) < 4.78 is 43.8. The Bertz CT molecular complexity index is 522. The Morgan fingerprint density at radius 1 is 1.30 bits per heavy atom. The molecular formula is C18H30F3N3O3. The SMILES string of the molecule is CCCN(CC(F)(F)F)C(=O)C1CCCN(C(=O)C2(CN)CCOCC2)C1. The maximum Gasteiger partial charge on any atom is 0.406 e. The number of hydrogen-bond donors (Lipinski definition) is 1. The predicted octanol–water partition coefficient (Wildman–Crippen LogP) is 1.78. The van der Waals surface area contributed by atoms with Gasteiger partial charge in [-0.15, -0.1) is 0 Å². The Morgan fingerprint density at radius 3 is 2.52 bits per heavy atom. The predicted molar refractivity (Wildman–Crippen MR) is 93.8 cm³/mol. The number of rotatable bonds is 6. The first-order valence-electron chi connectivity index (χ1n) is 9.65. The van der Waals surface area contributed by atoms with E-state index < -0.39 is 30.0 Å². The molecule has 2 fully saturated rings. The lowest BCUT2D eigenvalue weighted by molar-refractivity contribution is -0.166. The second-order valence-corrected chi connectivity index (χ2v) is 7.56. The summed E-state index contributed by atoms with van der Waals surface area (Å²) in [5, 5.41) is 0. The average molecular weight is 393 g/mol. The van der Waals surface area contributed by atoms with E-state index in [1.54, 1.807) is 11.8 Å². The third-order valence-electron chi connectivity index (χ3n) is 5.53. The summed E-state index contributed by atoms with van der Waals surface area (Å²) in [6.45, 7) is 2.38. The minimum absolute atomic E-state index is 0.0624. The van der Waals surface area contributed by atoms with Crippen LogP contribution < -0.4 is 5.73 Å². The van der Waals surface area contributed by atoms with E-state index in [0.29, 0.717) is 51.9 Å². The van der Waals surface area contributed by atoms with Crippen LogP contribution in [0.5, 0.6) is 0 Å². The van der Waals surface area contributed by atoms with Crippen LogP contribution in [0.25, 0.3) is 0 Å². The van der Waals surface area contributed by atoms with Gasteiger partial charge in [-0.25, -0.2) is 0 Å². The van der Waals surface area contributed by atoms with Crippen LogP contribution in [0.15, 0.2) is 0 Å². The van der Waals surface area contributed by atoms with Crippen molar-refractivity contribution in [3.05, 3.63) is 0 Å². The molecule has 2 heterocycles. The van der Waals surface area contributed by atoms with Gasteiger partial charge in [-0.1, -0.05) is 6.92 Å². The first kappa shape index (κ1) is 21.9. The van der Waals surface area contributed by atoms with Gasteiger partial charge in [-0.3, -0.25) is 9.59 Å². The number of ether oxygens (including phenoxy) is 1. The van der Waals surface area contributed by atoms with Gasteiger partial charge < -0.3 is 20.3 Å². The molecule has 27 heavy (non-hydrogen) atoms. The molecule has 0 spiro atoms. The molecule has 2 aliphatic heterocycles. The van der Waals surface area contributed by atoms with Gasteiger partial charge in [0, 0.05) is 39.4 Å². The van der Waals surface area contributed by atoms with Crippen LogP contribution in [-0.2, 0) is 14.3 Å². The van der Waals surface area contributed by atoms with Crippen molar-refractivity contribution in [3.63, 3.8) is 0 Å². The van der Waals surface area contributed by atoms with Crippen LogP contribution in [0.3, 0.4) is 0 Å². The van der Waals surface area contributed by atoms with Crippen LogP contribution >= 0.6 is 0 Å². The van der Waals surface area contributed by atoms with Crippen LogP contribution in [0.1, 0.15) is 39.0 Å². The lowest BCUT2D eigenvalue weighted by Crippen LogP contribution is -2.55. The molecule has 2 aliphatic rings. The maximum atomic E-state index is 13.1. The summed E-state index contributed by atoms with van der Waals surface area (Å²) in [5.41, 5.74) is 5.21. The summed E-state index contributed by atoms with van der Waals surface area (Å²) in [7, 11) is 0. The lowest BCUT2D eigenvalue weighted by Gasteiger charge is -2.42. The van der Waals surface area contributed by atoms with E-state index in [0.717, 1.165) is 4.90 Å². The minimum Gasteiger partial charge on any atom is -0.381 e. The van der Waals surface area contributed by atoms with Crippen molar-refractivity contribution in [2.75, 3.05) is 45.9 Å². The normalized spacial score (nSPS) is 23.1. The van der Waals surface area contributed by atoms with Crippen molar-refractivity contribution in [2.45, 2.75) is 45.2 Å². The Hall–Kier alpha value is -1.35. The zero-order valence-corrected chi connectivity index (χ0v) is 15.9. The van der Waals surface area contributed by atoms with E-state index in [4.69, 9.17) is 10.5 Å². The average Bonchev–Trinajstić information content (AvgIpc) is 2.66. The molecule has 2 amide bonds. The molecule has 9 heteroatoms. The quantitative estimate of drug-likeness (QED) is 0.746. The number of nitrogens with zero attached hydrogens (tertiary/aromatic N) is 2. The number of hydrogen-bond acceptors (Lipinski definition) is 4. The van der Waals surface area contributed by atoms with Crippen LogP contribution in [0, 0.1) is 11.3 Å². The number of halogens is 3. The Kier molecular flexibility index (Phi) is 7.50. The Morgan fingerprint density at radius 2 is 1.96 bits per heavy atom. The van der Waals surface area contributed by atoms with Gasteiger partial charge in [0.2, 0.25) is 11.8 Å². The number of likely N-dealkylation sites (tertiary alicyclic amines) is 1. The van der Waals surface area contributed by atoms with Crippen molar-refractivity contribution < 1.29 is 27.5 Å². The fraction of sp³-hybridized carbons (Fsp3) is 0.889. The largest absolute Gasteiger partial charge is 0.406 e. The van der Waals surface area contributed by atoms with Gasteiger partial charge in [-0.2, -0.15) is 13.2 Å². The standard InChI is InChI=1S/C18H30F3N3O3/c1-2-7-24(13-18(19,20)21)15(25)14-4-3-8-23(11-14)16(26)17(12-22)5-9-27-10-6-17/h14H,2-13,22H2,1H3. The second kappa shape index (κ2) is 9.23. The molecule has 0 saturated carbocycles. The first-order chi connectivity index (χ1) is 12.7. The highest BCUT2D eigenvalue weighted by Gasteiger charge is 2.44. The Balaban J connectivity index is 2.07. The number of carbonyl (C=O) groups excluding carboxylic acids is 2. The molecule has 0 aromatic rings. The van der Waals surface area contributed by atoms with E-state index >= 15 is 0 Å². The number of carbonyl (C=O) groups is 2. The third kappa shape index (κ3) is 5.57. The fourth-order valence-corrected chi connectivity index (χ4v) is 3.98. The summed E-state index contributed by atoms with van der Waals surface area (Å²) in [6.07, 6.45) is -1.81. The summed E-state index contributed by atoms with van der Waals surface area (Å²) in [6, 6.07) is 0. The third-order valence-corrected chi connectivity index (χ3v) is 5.53. The molecule has 1 atom stereocenters. The van der Waals surface area contributed by atoms with E-state index in [1.807, 2.05) is 0 Å². The Labute approximate surface area is 158 Å². The van der Waals surface area contributed by atoms with Gasteiger partial charge in [0.25, 0.3) is 0 Å². The van der Waals surface area contributed by atoms with E-state index in [2.05, 4.69) is 0 Å². The molecule has 0 aliphatic carbocycles. The second-order valence-electron chi connectivity index (χ2n) is 7.56. The van der Waals surface area contributed by atoms with E-state index in [9.17, 15) is 22.8 Å². The zero-order valence-electron chi connectivity index (χ0n) is 15.9. The molecule has 0 aromatic carbocycles. The number of amides is 2. The number of alkyl halides is 3. The van der Waals surface area contributed by atoms with Gasteiger partial charge in [0.15, 0.2) is 0 Å². The van der Waals surface area contributed by atoms with Crippen LogP contribution in [0.4, 0.5) is 13.2 Å². The van der Waals surface area contributed by atoms with Crippen molar-refractivity contribution in [2.24, 2.45) is 17.1 Å². The summed E-state index contributed by atoms with van der Waals surface area (Å²) in [5.74, 6) is -1.20. The monoisotopic (exact) mass is 393 g/mol. The molecule has 2 rings (SSSR count). The maximum absolute atomic E-state index is 13.1. The first-order valence-corrected chi connectivity index (χ1v) is 9.65. The van der Waals surface area contributed by atoms with E-state index in [-0.39, 0.29) is 25.5 Å². The highest BCUT2D eigenvalue weighted by atomic mass is 19.4. The van der Waals surface area contributed by atoms with Gasteiger partial charge in [-0.05, 0) is 32.1 Å². The van der Waals surface area contributed by atoms with Crippen molar-refractivity contribution in [1.82, 2.24) is 9.80 Å². The summed E-state index contributed by atoms with van der Waals surface area (Å²) >= 11 is 0. The topological polar surface area (TPSA) is 75.9 Å². The van der Waals surface area contributed by atoms with Gasteiger partial charge in [0.05, 0.1) is 11.3 Å². The van der Waals surface area contributed by atoms with Crippen molar-refractivity contribution >= 4 is 11.8 Å². The molecule has 156 valence electrons. The molecule has 2 N–H and O–H groups in total. The smallest absolute Gasteiger partial charge is 0.381 e. The highest BCUT2D eigenvalue weighted by Crippen LogP contribution is 2.33. The molecule has 0 bridgehead atoms. The van der Waals surface area contributed by atoms with Crippen molar-refractivity contribution in [1.29, 1.82) is 0 Å². The molecule has 2 saturated heterocycles. The molecule has 1 unspecified atom stereocenters. The van der Waals surface area contributed by atoms with Gasteiger partial charge in [0.1, 0.15) is 6.54 Å². The molecule has 6 nitrogen and oxygen atoms in total. The summed E-state index contributed by atoms with van der Waals surface area (Å²) in [4.78, 5) is 28.3. The minimum atomic E-state index is -4.43.